The Balaban J connectivity index is 2.56. The van der Waals surface area contributed by atoms with Gasteiger partial charge in [0.25, 0.3) is 0 Å². The predicted molar refractivity (Wildman–Crippen MR) is 65.2 cm³/mol. The van der Waals surface area contributed by atoms with E-state index in [4.69, 9.17) is 5.11 Å². The van der Waals surface area contributed by atoms with Crippen LogP contribution in [0.2, 0.25) is 0 Å². The van der Waals surface area contributed by atoms with Gasteiger partial charge in [0.15, 0.2) is 0 Å². The topological polar surface area (TPSA) is 66.4 Å². The van der Waals surface area contributed by atoms with Gasteiger partial charge in [-0.3, -0.25) is 4.79 Å². The van der Waals surface area contributed by atoms with Crippen molar-refractivity contribution in [3.05, 3.63) is 24.4 Å². The Bertz CT molecular complexity index is 369. The molecule has 1 unspecified atom stereocenters. The standard InChI is InChI=1S/C13H19NO3/c1-4-5-6-7-10(12(16)17)14-11(15)9-8-13(9,2)3/h4,7,9H,1,5-6,8H2,2-3H3,(H,14,15)(H,16,17)/b10-7-. The third kappa shape index (κ3) is 3.73. The van der Waals surface area contributed by atoms with Gasteiger partial charge in [0.05, 0.1) is 0 Å². The predicted octanol–water partition coefficient (Wildman–Crippen LogP) is 2.08. The fraction of sp³-hybridized carbons (Fsp3) is 0.538. The average molecular weight is 237 g/mol. The highest BCUT2D eigenvalue weighted by Crippen LogP contribution is 2.51. The molecule has 1 amide bonds. The smallest absolute Gasteiger partial charge is 0.352 e. The zero-order valence-electron chi connectivity index (χ0n) is 10.3. The number of carbonyl (C=O) groups is 2. The number of unbranched alkanes of at least 4 members (excludes halogenated alkanes) is 1. The number of carboxylic acids is 1. The van der Waals surface area contributed by atoms with Crippen LogP contribution < -0.4 is 5.32 Å². The summed E-state index contributed by atoms with van der Waals surface area (Å²) in [6, 6.07) is 0. The van der Waals surface area contributed by atoms with E-state index in [1.807, 2.05) is 13.8 Å². The number of amides is 1. The van der Waals surface area contributed by atoms with Crippen molar-refractivity contribution in [3.63, 3.8) is 0 Å². The van der Waals surface area contributed by atoms with Crippen LogP contribution in [0.25, 0.3) is 0 Å². The Hall–Kier alpha value is -1.58. The molecule has 1 atom stereocenters. The molecular formula is C13H19NO3. The maximum absolute atomic E-state index is 11.7. The molecule has 1 saturated carbocycles. The van der Waals surface area contributed by atoms with Gasteiger partial charge in [-0.25, -0.2) is 4.79 Å². The molecule has 94 valence electrons. The second-order valence-electron chi connectivity index (χ2n) is 5.02. The minimum Gasteiger partial charge on any atom is -0.477 e. The van der Waals surface area contributed by atoms with Gasteiger partial charge in [-0.05, 0) is 24.7 Å². The molecule has 1 aliphatic rings. The van der Waals surface area contributed by atoms with E-state index in [1.54, 1.807) is 6.08 Å². The van der Waals surface area contributed by atoms with Crippen LogP contribution in [0.1, 0.15) is 33.1 Å². The first-order chi connectivity index (χ1) is 7.88. The van der Waals surface area contributed by atoms with E-state index < -0.39 is 5.97 Å². The van der Waals surface area contributed by atoms with Crippen LogP contribution in [-0.2, 0) is 9.59 Å². The lowest BCUT2D eigenvalue weighted by molar-refractivity contribution is -0.135. The molecule has 0 radical (unpaired) electrons. The summed E-state index contributed by atoms with van der Waals surface area (Å²) in [4.78, 5) is 22.7. The van der Waals surface area contributed by atoms with E-state index in [9.17, 15) is 9.59 Å². The van der Waals surface area contributed by atoms with Crippen LogP contribution in [0.3, 0.4) is 0 Å². The lowest BCUT2D eigenvalue weighted by atomic mass is 10.1. The Morgan fingerprint density at radius 1 is 1.47 bits per heavy atom. The minimum absolute atomic E-state index is 0.00874. The van der Waals surface area contributed by atoms with Crippen LogP contribution in [0, 0.1) is 11.3 Å². The molecule has 1 fully saturated rings. The van der Waals surface area contributed by atoms with Crippen LogP contribution in [0.5, 0.6) is 0 Å². The second kappa shape index (κ2) is 5.17. The van der Waals surface area contributed by atoms with Crippen molar-refractivity contribution >= 4 is 11.9 Å². The zero-order chi connectivity index (χ0) is 13.1. The number of nitrogens with one attached hydrogen (secondary N) is 1. The maximum atomic E-state index is 11.7. The number of allylic oxidation sites excluding steroid dienone is 2. The van der Waals surface area contributed by atoms with E-state index >= 15 is 0 Å². The summed E-state index contributed by atoms with van der Waals surface area (Å²) in [5.74, 6) is -1.35. The summed E-state index contributed by atoms with van der Waals surface area (Å²) in [6.45, 7) is 7.55. The first-order valence-electron chi connectivity index (χ1n) is 5.73. The highest BCUT2D eigenvalue weighted by atomic mass is 16.4. The highest BCUT2D eigenvalue weighted by Gasteiger charge is 2.50. The van der Waals surface area contributed by atoms with Gasteiger partial charge in [0, 0.05) is 5.92 Å². The molecule has 4 nitrogen and oxygen atoms in total. The van der Waals surface area contributed by atoms with Crippen molar-refractivity contribution < 1.29 is 14.7 Å². The fourth-order valence-electron chi connectivity index (χ4n) is 1.67. The summed E-state index contributed by atoms with van der Waals surface area (Å²) in [5.41, 5.74) is -0.0195. The molecule has 0 bridgehead atoms. The van der Waals surface area contributed by atoms with Crippen molar-refractivity contribution in [1.29, 1.82) is 0 Å². The monoisotopic (exact) mass is 237 g/mol. The zero-order valence-corrected chi connectivity index (χ0v) is 10.3. The van der Waals surface area contributed by atoms with Crippen molar-refractivity contribution in [1.82, 2.24) is 5.32 Å². The van der Waals surface area contributed by atoms with E-state index in [2.05, 4.69) is 11.9 Å². The van der Waals surface area contributed by atoms with Crippen LogP contribution in [0.15, 0.2) is 24.4 Å². The normalized spacial score (nSPS) is 21.8. The van der Waals surface area contributed by atoms with Gasteiger partial charge in [0.2, 0.25) is 5.91 Å². The van der Waals surface area contributed by atoms with Crippen molar-refractivity contribution in [2.45, 2.75) is 33.1 Å². The summed E-state index contributed by atoms with van der Waals surface area (Å²) >= 11 is 0. The summed E-state index contributed by atoms with van der Waals surface area (Å²) in [7, 11) is 0. The maximum Gasteiger partial charge on any atom is 0.352 e. The third-order valence-corrected chi connectivity index (χ3v) is 3.04. The van der Waals surface area contributed by atoms with Gasteiger partial charge < -0.3 is 10.4 Å². The molecule has 1 aliphatic carbocycles. The van der Waals surface area contributed by atoms with Crippen molar-refractivity contribution in [2.75, 3.05) is 0 Å². The average Bonchev–Trinajstić information content (AvgIpc) is 2.86. The summed E-state index contributed by atoms with van der Waals surface area (Å²) in [6.07, 6.45) is 5.32. The first kappa shape index (κ1) is 13.5. The molecule has 1 rings (SSSR count). The molecule has 0 aromatic heterocycles. The number of rotatable bonds is 6. The van der Waals surface area contributed by atoms with Gasteiger partial charge in [0.1, 0.15) is 5.70 Å². The molecule has 0 spiro atoms. The number of hydrogen-bond donors (Lipinski definition) is 2. The SMILES string of the molecule is C=CCC/C=C(\NC(=O)C1CC1(C)C)C(=O)O. The second-order valence-corrected chi connectivity index (χ2v) is 5.02. The molecule has 0 aromatic rings. The molecule has 0 saturated heterocycles. The summed E-state index contributed by atoms with van der Waals surface area (Å²) < 4.78 is 0. The van der Waals surface area contributed by atoms with E-state index in [0.29, 0.717) is 12.8 Å². The molecule has 2 N–H and O–H groups in total. The third-order valence-electron chi connectivity index (χ3n) is 3.04. The van der Waals surface area contributed by atoms with Crippen molar-refractivity contribution in [2.24, 2.45) is 11.3 Å². The fourth-order valence-corrected chi connectivity index (χ4v) is 1.67. The lowest BCUT2D eigenvalue weighted by Crippen LogP contribution is -2.29. The quantitative estimate of drug-likeness (QED) is 0.422. The molecule has 0 aliphatic heterocycles. The molecule has 4 heteroatoms. The van der Waals surface area contributed by atoms with Gasteiger partial charge in [-0.2, -0.15) is 0 Å². The Kier molecular flexibility index (Phi) is 4.10. The van der Waals surface area contributed by atoms with Crippen LogP contribution in [0.4, 0.5) is 0 Å². The van der Waals surface area contributed by atoms with Crippen LogP contribution >= 0.6 is 0 Å². The molecule has 0 heterocycles. The highest BCUT2D eigenvalue weighted by molar-refractivity contribution is 5.94. The minimum atomic E-state index is -1.10. The largest absolute Gasteiger partial charge is 0.477 e. The number of hydrogen-bond acceptors (Lipinski definition) is 2. The molecule has 0 aromatic carbocycles. The van der Waals surface area contributed by atoms with Gasteiger partial charge in [-0.15, -0.1) is 6.58 Å². The van der Waals surface area contributed by atoms with E-state index in [1.165, 1.54) is 6.08 Å². The van der Waals surface area contributed by atoms with E-state index in [0.717, 1.165) is 6.42 Å². The van der Waals surface area contributed by atoms with Crippen molar-refractivity contribution in [3.8, 4) is 0 Å². The number of carbonyl (C=O) groups excluding carboxylic acids is 1. The Morgan fingerprint density at radius 3 is 2.47 bits per heavy atom. The van der Waals surface area contributed by atoms with Gasteiger partial charge >= 0.3 is 5.97 Å². The summed E-state index contributed by atoms with van der Waals surface area (Å²) in [5, 5.41) is 11.4. The lowest BCUT2D eigenvalue weighted by Gasteiger charge is -2.07. The Labute approximate surface area is 101 Å². The van der Waals surface area contributed by atoms with Crippen LogP contribution in [-0.4, -0.2) is 17.0 Å². The Morgan fingerprint density at radius 2 is 2.06 bits per heavy atom. The van der Waals surface area contributed by atoms with E-state index in [-0.39, 0.29) is 22.9 Å². The van der Waals surface area contributed by atoms with Gasteiger partial charge in [-0.1, -0.05) is 26.0 Å². The molecular weight excluding hydrogens is 218 g/mol. The number of aliphatic carboxylic acids is 1. The first-order valence-corrected chi connectivity index (χ1v) is 5.73. The number of carboxylic acid groups (broad SMARTS) is 1. The molecule has 17 heavy (non-hydrogen) atoms.